The number of hydrogen-bond donors (Lipinski definition) is 2. The molecule has 0 saturated heterocycles. The van der Waals surface area contributed by atoms with Gasteiger partial charge in [0.15, 0.2) is 0 Å². The van der Waals surface area contributed by atoms with E-state index in [-0.39, 0.29) is 18.0 Å². The van der Waals surface area contributed by atoms with E-state index >= 15 is 0 Å². The largest absolute Gasteiger partial charge is 0.478 e. The number of aromatic nitrogens is 2. The first-order valence-electron chi connectivity index (χ1n) is 10.4. The monoisotopic (exact) mass is 453 g/mol. The molecule has 0 radical (unpaired) electrons. The van der Waals surface area contributed by atoms with E-state index < -0.39 is 11.6 Å². The van der Waals surface area contributed by atoms with Crippen LogP contribution in [-0.2, 0) is 18.6 Å². The molecule has 0 amide bonds. The average molecular weight is 454 g/mol. The van der Waals surface area contributed by atoms with Crippen molar-refractivity contribution in [1.82, 2.24) is 9.55 Å². The first-order chi connectivity index (χ1) is 14.8. The van der Waals surface area contributed by atoms with Crippen LogP contribution in [0.2, 0.25) is 0 Å². The predicted octanol–water partition coefficient (Wildman–Crippen LogP) is 5.16. The summed E-state index contributed by atoms with van der Waals surface area (Å²) in [7, 11) is 0. The van der Waals surface area contributed by atoms with Crippen LogP contribution in [0.3, 0.4) is 0 Å². The van der Waals surface area contributed by atoms with Crippen LogP contribution in [0, 0.1) is 11.3 Å². The van der Waals surface area contributed by atoms with Crippen molar-refractivity contribution in [2.24, 2.45) is 0 Å². The number of nitrogens with zero attached hydrogens (tertiary/aromatic N) is 3. The zero-order chi connectivity index (χ0) is 22.6. The lowest BCUT2D eigenvalue weighted by Gasteiger charge is -2.15. The number of carbonyl (C=O) groups is 1. The van der Waals surface area contributed by atoms with Gasteiger partial charge < -0.3 is 14.8 Å². The summed E-state index contributed by atoms with van der Waals surface area (Å²) < 4.78 is 1.88. The number of nitriles is 1. The highest BCUT2D eigenvalue weighted by Crippen LogP contribution is 2.27. The van der Waals surface area contributed by atoms with Gasteiger partial charge in [-0.3, -0.25) is 0 Å². The Morgan fingerprint density at radius 1 is 1.16 bits per heavy atom. The van der Waals surface area contributed by atoms with Crippen LogP contribution in [0.15, 0.2) is 48.5 Å². The van der Waals surface area contributed by atoms with Crippen LogP contribution >= 0.6 is 12.4 Å². The van der Waals surface area contributed by atoms with Crippen molar-refractivity contribution < 1.29 is 15.0 Å². The molecular formula is C25H28ClN3O3. The Labute approximate surface area is 194 Å². The van der Waals surface area contributed by atoms with Crippen molar-refractivity contribution >= 4 is 18.4 Å². The molecule has 0 aliphatic carbocycles. The van der Waals surface area contributed by atoms with Gasteiger partial charge in [-0.25, -0.2) is 9.78 Å². The highest BCUT2D eigenvalue weighted by atomic mass is 35.5. The minimum atomic E-state index is -1.21. The molecule has 0 atom stereocenters. The van der Waals surface area contributed by atoms with Crippen LogP contribution < -0.4 is 0 Å². The molecule has 1 aromatic heterocycles. The summed E-state index contributed by atoms with van der Waals surface area (Å²) >= 11 is 0. The number of carboxylic acids is 1. The van der Waals surface area contributed by atoms with Crippen molar-refractivity contribution in [3.8, 4) is 17.2 Å². The van der Waals surface area contributed by atoms with Crippen molar-refractivity contribution in [3.63, 3.8) is 0 Å². The summed E-state index contributed by atoms with van der Waals surface area (Å²) in [6, 6.07) is 16.8. The normalized spacial score (nSPS) is 11.0. The number of hydrogen-bond acceptors (Lipinski definition) is 4. The van der Waals surface area contributed by atoms with Gasteiger partial charge in [0.05, 0.1) is 5.56 Å². The van der Waals surface area contributed by atoms with Gasteiger partial charge >= 0.3 is 5.97 Å². The summed E-state index contributed by atoms with van der Waals surface area (Å²) in [6.45, 7) is 5.83. The molecule has 1 heterocycles. The third-order valence-electron chi connectivity index (χ3n) is 5.25. The maximum atomic E-state index is 11.5. The molecule has 0 aliphatic heterocycles. The summed E-state index contributed by atoms with van der Waals surface area (Å²) in [4.78, 5) is 16.1. The SMILES string of the molecule is CCCCc1nc(C(C)(C)O)c(C#N)n1Cc1ccc(-c2ccccc2C(=O)O)cc1.Cl. The minimum Gasteiger partial charge on any atom is -0.478 e. The van der Waals surface area contributed by atoms with Crippen molar-refractivity contribution in [3.05, 3.63) is 76.9 Å². The number of aromatic carboxylic acids is 1. The standard InChI is InChI=1S/C25H27N3O3.ClH/c1-4-5-10-22-27-23(25(2,3)31)21(15-26)28(22)16-17-11-13-18(14-12-17)19-8-6-7-9-20(19)24(29)30;/h6-9,11-14,31H,4-5,10,16H2,1-3H3,(H,29,30);1H. The van der Waals surface area contributed by atoms with Crippen LogP contribution in [0.25, 0.3) is 11.1 Å². The van der Waals surface area contributed by atoms with E-state index in [4.69, 9.17) is 0 Å². The molecule has 7 heteroatoms. The third-order valence-corrected chi connectivity index (χ3v) is 5.25. The fourth-order valence-corrected chi connectivity index (χ4v) is 3.63. The molecule has 0 unspecified atom stereocenters. The Bertz CT molecular complexity index is 1120. The molecule has 168 valence electrons. The average Bonchev–Trinajstić information content (AvgIpc) is 3.10. The molecule has 32 heavy (non-hydrogen) atoms. The first kappa shape index (κ1) is 25.1. The zero-order valence-corrected chi connectivity index (χ0v) is 19.3. The lowest BCUT2D eigenvalue weighted by atomic mass is 9.98. The smallest absolute Gasteiger partial charge is 0.336 e. The number of benzene rings is 2. The highest BCUT2D eigenvalue weighted by Gasteiger charge is 2.28. The zero-order valence-electron chi connectivity index (χ0n) is 18.5. The quantitative estimate of drug-likeness (QED) is 0.490. The number of imidazole rings is 1. The van der Waals surface area contributed by atoms with Gasteiger partial charge in [0.25, 0.3) is 0 Å². The molecule has 0 bridgehead atoms. The molecule has 6 nitrogen and oxygen atoms in total. The number of rotatable bonds is 8. The van der Waals surface area contributed by atoms with E-state index in [0.717, 1.165) is 36.2 Å². The maximum absolute atomic E-state index is 11.5. The number of aliphatic hydroxyl groups is 1. The molecular weight excluding hydrogens is 426 g/mol. The second kappa shape index (κ2) is 10.4. The molecule has 2 aromatic carbocycles. The van der Waals surface area contributed by atoms with E-state index in [1.807, 2.05) is 34.9 Å². The number of aryl methyl sites for hydroxylation is 1. The topological polar surface area (TPSA) is 99.1 Å². The number of halogens is 1. The molecule has 0 fully saturated rings. The van der Waals surface area contributed by atoms with Gasteiger partial charge in [0.1, 0.15) is 28.9 Å². The van der Waals surface area contributed by atoms with Gasteiger partial charge in [-0.05, 0) is 43.0 Å². The predicted molar refractivity (Wildman–Crippen MR) is 126 cm³/mol. The summed E-state index contributed by atoms with van der Waals surface area (Å²) in [6.07, 6.45) is 2.67. The third kappa shape index (κ3) is 5.37. The van der Waals surface area contributed by atoms with Crippen LogP contribution in [0.5, 0.6) is 0 Å². The molecule has 0 aliphatic rings. The van der Waals surface area contributed by atoms with E-state index in [2.05, 4.69) is 18.0 Å². The van der Waals surface area contributed by atoms with Gasteiger partial charge in [-0.15, -0.1) is 12.4 Å². The number of unbranched alkanes of at least 4 members (excludes halogenated alkanes) is 1. The molecule has 3 rings (SSSR count). The van der Waals surface area contributed by atoms with Crippen LogP contribution in [-0.4, -0.2) is 25.7 Å². The Hall–Kier alpha value is -3.14. The van der Waals surface area contributed by atoms with Crippen molar-refractivity contribution in [2.75, 3.05) is 0 Å². The fraction of sp³-hybridized carbons (Fsp3) is 0.320. The second-order valence-electron chi connectivity index (χ2n) is 8.13. The highest BCUT2D eigenvalue weighted by molar-refractivity contribution is 5.95. The fourth-order valence-electron chi connectivity index (χ4n) is 3.63. The molecule has 2 N–H and O–H groups in total. The van der Waals surface area contributed by atoms with Gasteiger partial charge in [0.2, 0.25) is 0 Å². The summed E-state index contributed by atoms with van der Waals surface area (Å²) in [5, 5.41) is 29.7. The van der Waals surface area contributed by atoms with E-state index in [1.165, 1.54) is 0 Å². The van der Waals surface area contributed by atoms with Gasteiger partial charge in [-0.2, -0.15) is 5.26 Å². The Balaban J connectivity index is 0.00000363. The maximum Gasteiger partial charge on any atom is 0.336 e. The minimum absolute atomic E-state index is 0. The Morgan fingerprint density at radius 3 is 2.38 bits per heavy atom. The van der Waals surface area contributed by atoms with Crippen LogP contribution in [0.4, 0.5) is 0 Å². The van der Waals surface area contributed by atoms with Crippen molar-refractivity contribution in [1.29, 1.82) is 5.26 Å². The van der Waals surface area contributed by atoms with E-state index in [0.29, 0.717) is 23.5 Å². The van der Waals surface area contributed by atoms with E-state index in [9.17, 15) is 20.3 Å². The molecule has 0 saturated carbocycles. The van der Waals surface area contributed by atoms with E-state index in [1.54, 1.807) is 32.0 Å². The summed E-state index contributed by atoms with van der Waals surface area (Å²) in [5.41, 5.74) is 2.26. The number of carboxylic acid groups (broad SMARTS) is 1. The van der Waals surface area contributed by atoms with Crippen LogP contribution in [0.1, 0.15) is 66.7 Å². The summed E-state index contributed by atoms with van der Waals surface area (Å²) in [5.74, 6) is -0.174. The Kier molecular flexibility index (Phi) is 8.20. The first-order valence-corrected chi connectivity index (χ1v) is 10.4. The molecule has 3 aromatic rings. The van der Waals surface area contributed by atoms with Gasteiger partial charge in [-0.1, -0.05) is 55.8 Å². The second-order valence-corrected chi connectivity index (χ2v) is 8.13. The lowest BCUT2D eigenvalue weighted by molar-refractivity contribution is 0.0696. The molecule has 0 spiro atoms. The Morgan fingerprint density at radius 2 is 1.81 bits per heavy atom. The van der Waals surface area contributed by atoms with Gasteiger partial charge in [0, 0.05) is 13.0 Å². The lowest BCUT2D eigenvalue weighted by Crippen LogP contribution is -2.18. The van der Waals surface area contributed by atoms with Crippen molar-refractivity contribution in [2.45, 2.75) is 52.2 Å².